The van der Waals surface area contributed by atoms with Crippen molar-refractivity contribution < 1.29 is 19.0 Å². The van der Waals surface area contributed by atoms with Gasteiger partial charge in [0.2, 0.25) is 5.75 Å². The average molecular weight is 413 g/mol. The first-order valence-corrected chi connectivity index (χ1v) is 10.4. The Labute approximate surface area is 174 Å². The van der Waals surface area contributed by atoms with Crippen molar-refractivity contribution in [1.29, 1.82) is 0 Å². The smallest absolute Gasteiger partial charge is 0.257 e. The van der Waals surface area contributed by atoms with Crippen LogP contribution in [-0.4, -0.2) is 30.7 Å². The summed E-state index contributed by atoms with van der Waals surface area (Å²) in [7, 11) is 0. The predicted molar refractivity (Wildman–Crippen MR) is 115 cm³/mol. The number of aromatic nitrogens is 1. The first-order valence-electron chi connectivity index (χ1n) is 9.55. The molecule has 0 aliphatic carbocycles. The molecule has 0 atom stereocenters. The highest BCUT2D eigenvalue weighted by molar-refractivity contribution is 7.19. The second kappa shape index (κ2) is 9.93. The third kappa shape index (κ3) is 5.06. The SMILES string of the molecule is CCOc1cc(C(=O)Nc2ncc(-c3ccccc3)s2)cc(OCC)c1OCC. The maximum atomic E-state index is 12.8. The zero-order valence-electron chi connectivity index (χ0n) is 16.7. The van der Waals surface area contributed by atoms with E-state index in [1.807, 2.05) is 51.1 Å². The monoisotopic (exact) mass is 412 g/mol. The second-order valence-corrected chi connectivity index (χ2v) is 6.98. The van der Waals surface area contributed by atoms with Gasteiger partial charge in [-0.1, -0.05) is 41.7 Å². The van der Waals surface area contributed by atoms with E-state index in [-0.39, 0.29) is 5.91 Å². The van der Waals surface area contributed by atoms with Crippen molar-refractivity contribution in [2.24, 2.45) is 0 Å². The van der Waals surface area contributed by atoms with Crippen LogP contribution in [0.2, 0.25) is 0 Å². The number of carbonyl (C=O) groups excluding carboxylic acids is 1. The topological polar surface area (TPSA) is 69.7 Å². The van der Waals surface area contributed by atoms with Crippen LogP contribution >= 0.6 is 11.3 Å². The number of nitrogens with zero attached hydrogens (tertiary/aromatic N) is 1. The lowest BCUT2D eigenvalue weighted by Crippen LogP contribution is -2.13. The van der Waals surface area contributed by atoms with Gasteiger partial charge in [-0.25, -0.2) is 4.98 Å². The summed E-state index contributed by atoms with van der Waals surface area (Å²) in [6, 6.07) is 13.2. The minimum absolute atomic E-state index is 0.288. The molecule has 3 aromatic rings. The molecule has 1 heterocycles. The van der Waals surface area contributed by atoms with E-state index in [4.69, 9.17) is 14.2 Å². The van der Waals surface area contributed by atoms with Crippen molar-refractivity contribution in [2.45, 2.75) is 20.8 Å². The van der Waals surface area contributed by atoms with Crippen LogP contribution < -0.4 is 19.5 Å². The lowest BCUT2D eigenvalue weighted by atomic mass is 10.1. The molecule has 0 aliphatic rings. The summed E-state index contributed by atoms with van der Waals surface area (Å²) < 4.78 is 17.0. The Hall–Kier alpha value is -3.06. The van der Waals surface area contributed by atoms with Gasteiger partial charge in [0.25, 0.3) is 5.91 Å². The lowest BCUT2D eigenvalue weighted by molar-refractivity contribution is 0.102. The van der Waals surface area contributed by atoms with E-state index >= 15 is 0 Å². The number of thiazole rings is 1. The minimum atomic E-state index is -0.288. The molecule has 0 aliphatic heterocycles. The van der Waals surface area contributed by atoms with Crippen LogP contribution in [0.4, 0.5) is 5.13 Å². The molecule has 0 spiro atoms. The van der Waals surface area contributed by atoms with Crippen LogP contribution in [0.25, 0.3) is 10.4 Å². The van der Waals surface area contributed by atoms with Gasteiger partial charge < -0.3 is 14.2 Å². The zero-order valence-corrected chi connectivity index (χ0v) is 17.5. The number of benzene rings is 2. The summed E-state index contributed by atoms with van der Waals surface area (Å²) >= 11 is 1.42. The summed E-state index contributed by atoms with van der Waals surface area (Å²) in [5.74, 6) is 1.18. The number of amides is 1. The van der Waals surface area contributed by atoms with Crippen LogP contribution in [0.1, 0.15) is 31.1 Å². The summed E-state index contributed by atoms with van der Waals surface area (Å²) in [5.41, 5.74) is 1.47. The van der Waals surface area contributed by atoms with Crippen LogP contribution in [0.15, 0.2) is 48.7 Å². The first kappa shape index (κ1) is 20.7. The van der Waals surface area contributed by atoms with Crippen molar-refractivity contribution in [3.8, 4) is 27.7 Å². The fraction of sp³-hybridized carbons (Fsp3) is 0.273. The third-order valence-corrected chi connectivity index (χ3v) is 4.92. The van der Waals surface area contributed by atoms with Crippen molar-refractivity contribution in [1.82, 2.24) is 4.98 Å². The van der Waals surface area contributed by atoms with Crippen LogP contribution in [0, 0.1) is 0 Å². The third-order valence-electron chi connectivity index (χ3n) is 3.96. The van der Waals surface area contributed by atoms with Crippen LogP contribution in [0.3, 0.4) is 0 Å². The van der Waals surface area contributed by atoms with Gasteiger partial charge in [-0.3, -0.25) is 10.1 Å². The van der Waals surface area contributed by atoms with E-state index in [0.717, 1.165) is 10.4 Å². The zero-order chi connectivity index (χ0) is 20.6. The number of hydrogen-bond acceptors (Lipinski definition) is 6. The Bertz CT molecular complexity index is 929. The Kier molecular flexibility index (Phi) is 7.08. The highest BCUT2D eigenvalue weighted by atomic mass is 32.1. The number of carbonyl (C=O) groups is 1. The molecule has 1 amide bonds. The molecule has 0 radical (unpaired) electrons. The Morgan fingerprint density at radius 2 is 1.59 bits per heavy atom. The van der Waals surface area contributed by atoms with Crippen LogP contribution in [0.5, 0.6) is 17.2 Å². The minimum Gasteiger partial charge on any atom is -0.490 e. The Morgan fingerprint density at radius 1 is 0.966 bits per heavy atom. The number of nitrogens with one attached hydrogen (secondary N) is 1. The van der Waals surface area contributed by atoms with Gasteiger partial charge >= 0.3 is 0 Å². The molecule has 1 aromatic heterocycles. The van der Waals surface area contributed by atoms with E-state index in [0.29, 0.717) is 47.8 Å². The van der Waals surface area contributed by atoms with Gasteiger partial charge in [-0.2, -0.15) is 0 Å². The molecule has 6 nitrogen and oxygen atoms in total. The van der Waals surface area contributed by atoms with Crippen molar-refractivity contribution in [3.05, 3.63) is 54.2 Å². The molecule has 0 unspecified atom stereocenters. The Morgan fingerprint density at radius 3 is 2.17 bits per heavy atom. The molecule has 0 saturated carbocycles. The van der Waals surface area contributed by atoms with E-state index in [1.54, 1.807) is 18.3 Å². The van der Waals surface area contributed by atoms with E-state index < -0.39 is 0 Å². The van der Waals surface area contributed by atoms with Crippen molar-refractivity contribution in [3.63, 3.8) is 0 Å². The summed E-state index contributed by atoms with van der Waals surface area (Å²) in [6.45, 7) is 7.01. The average Bonchev–Trinajstić information content (AvgIpc) is 3.19. The van der Waals surface area contributed by atoms with Crippen LogP contribution in [-0.2, 0) is 0 Å². The molecule has 2 aromatic carbocycles. The Balaban J connectivity index is 1.85. The molecule has 0 fully saturated rings. The molecular weight excluding hydrogens is 388 g/mol. The fourth-order valence-corrected chi connectivity index (χ4v) is 3.57. The van der Waals surface area contributed by atoms with E-state index in [9.17, 15) is 4.79 Å². The molecule has 0 bridgehead atoms. The quantitative estimate of drug-likeness (QED) is 0.519. The van der Waals surface area contributed by atoms with E-state index in [2.05, 4.69) is 10.3 Å². The van der Waals surface area contributed by atoms with Gasteiger partial charge in [0.15, 0.2) is 16.6 Å². The maximum absolute atomic E-state index is 12.8. The predicted octanol–water partition coefficient (Wildman–Crippen LogP) is 5.26. The van der Waals surface area contributed by atoms with Gasteiger partial charge in [0.1, 0.15) is 0 Å². The van der Waals surface area contributed by atoms with Crippen molar-refractivity contribution in [2.75, 3.05) is 25.1 Å². The largest absolute Gasteiger partial charge is 0.490 e. The lowest BCUT2D eigenvalue weighted by Gasteiger charge is -2.16. The molecule has 0 saturated heterocycles. The van der Waals surface area contributed by atoms with Gasteiger partial charge in [0.05, 0.1) is 24.7 Å². The van der Waals surface area contributed by atoms with E-state index in [1.165, 1.54) is 11.3 Å². The number of ether oxygens (including phenoxy) is 3. The molecule has 1 N–H and O–H groups in total. The summed E-state index contributed by atoms with van der Waals surface area (Å²) in [6.07, 6.45) is 1.76. The molecule has 7 heteroatoms. The fourth-order valence-electron chi connectivity index (χ4n) is 2.76. The highest BCUT2D eigenvalue weighted by Crippen LogP contribution is 2.39. The molecule has 152 valence electrons. The highest BCUT2D eigenvalue weighted by Gasteiger charge is 2.19. The second-order valence-electron chi connectivity index (χ2n) is 5.95. The number of hydrogen-bond donors (Lipinski definition) is 1. The number of anilines is 1. The molecule has 29 heavy (non-hydrogen) atoms. The molecular formula is C22H24N2O4S. The van der Waals surface area contributed by atoms with Gasteiger partial charge in [-0.05, 0) is 38.5 Å². The first-order chi connectivity index (χ1) is 14.2. The standard InChI is InChI=1S/C22H24N2O4S/c1-4-26-17-12-16(13-18(27-5-2)20(17)28-6-3)21(25)24-22-23-14-19(29-22)15-10-8-7-9-11-15/h7-14H,4-6H2,1-3H3,(H,23,24,25). The number of rotatable bonds is 9. The van der Waals surface area contributed by atoms with Crippen molar-refractivity contribution >= 4 is 22.4 Å². The van der Waals surface area contributed by atoms with Gasteiger partial charge in [0, 0.05) is 11.8 Å². The maximum Gasteiger partial charge on any atom is 0.257 e. The summed E-state index contributed by atoms with van der Waals surface area (Å²) in [4.78, 5) is 18.2. The van der Waals surface area contributed by atoms with Gasteiger partial charge in [-0.15, -0.1) is 0 Å². The summed E-state index contributed by atoms with van der Waals surface area (Å²) in [5, 5.41) is 3.38. The normalized spacial score (nSPS) is 10.4. The molecule has 3 rings (SSSR count).